The highest BCUT2D eigenvalue weighted by Crippen LogP contribution is 2.29. The van der Waals surface area contributed by atoms with Gasteiger partial charge in [-0.3, -0.25) is 9.89 Å². The molecule has 1 amide bonds. The number of H-pyrrole nitrogens is 1. The molecule has 10 heteroatoms. The molecule has 0 saturated carbocycles. The quantitative estimate of drug-likeness (QED) is 0.475. The van der Waals surface area contributed by atoms with Gasteiger partial charge in [0.15, 0.2) is 0 Å². The molecule has 0 fully saturated rings. The van der Waals surface area contributed by atoms with Crippen molar-refractivity contribution >= 4 is 26.6 Å². The van der Waals surface area contributed by atoms with Gasteiger partial charge in [-0.25, -0.2) is 17.2 Å². The number of fused-ring (bicyclic) bond motifs is 1. The number of hydrogen-bond acceptors (Lipinski definition) is 4. The standard InChI is InChI=1S/C22H20F2N4O3S/c1-12(21-16(23)5-4-6-17(21)24)26-22(29)19-10-20(13(2)28(19)3)32(30,31)15-7-8-18-14(9-15)11-25-27-18/h4-12H,1-3H3,(H,25,27)(H,26,29)/t12-/m0/s1. The number of benzene rings is 2. The second-order valence-electron chi connectivity index (χ2n) is 7.49. The Morgan fingerprint density at radius 1 is 1.16 bits per heavy atom. The van der Waals surface area contributed by atoms with Crippen molar-refractivity contribution in [2.24, 2.45) is 7.05 Å². The largest absolute Gasteiger partial charge is 0.344 e. The number of halogens is 2. The molecule has 0 spiro atoms. The van der Waals surface area contributed by atoms with Gasteiger partial charge >= 0.3 is 0 Å². The Hall–Kier alpha value is -3.53. The van der Waals surface area contributed by atoms with E-state index in [0.717, 1.165) is 12.1 Å². The monoisotopic (exact) mass is 458 g/mol. The lowest BCUT2D eigenvalue weighted by Gasteiger charge is -2.16. The van der Waals surface area contributed by atoms with Gasteiger partial charge in [0.05, 0.1) is 27.5 Å². The molecule has 1 atom stereocenters. The zero-order valence-electron chi connectivity index (χ0n) is 17.5. The maximum atomic E-state index is 14.1. The van der Waals surface area contributed by atoms with Crippen molar-refractivity contribution in [3.63, 3.8) is 0 Å². The summed E-state index contributed by atoms with van der Waals surface area (Å²) in [6.45, 7) is 3.03. The summed E-state index contributed by atoms with van der Waals surface area (Å²) in [5.74, 6) is -2.21. The van der Waals surface area contributed by atoms with Gasteiger partial charge in [-0.05, 0) is 50.2 Å². The summed E-state index contributed by atoms with van der Waals surface area (Å²) in [7, 11) is -2.38. The number of carbonyl (C=O) groups is 1. The van der Waals surface area contributed by atoms with Crippen LogP contribution in [-0.4, -0.2) is 29.1 Å². The Labute approximate surface area is 183 Å². The van der Waals surface area contributed by atoms with Crippen molar-refractivity contribution in [3.05, 3.63) is 77.2 Å². The molecule has 0 aliphatic rings. The van der Waals surface area contributed by atoms with E-state index < -0.39 is 33.4 Å². The number of nitrogens with one attached hydrogen (secondary N) is 2. The number of aromatic nitrogens is 3. The van der Waals surface area contributed by atoms with Crippen LogP contribution in [0.15, 0.2) is 58.5 Å². The average molecular weight is 458 g/mol. The van der Waals surface area contributed by atoms with Crippen LogP contribution in [0, 0.1) is 18.6 Å². The molecule has 0 unspecified atom stereocenters. The van der Waals surface area contributed by atoms with Crippen LogP contribution in [0.5, 0.6) is 0 Å². The van der Waals surface area contributed by atoms with Crippen molar-refractivity contribution in [2.45, 2.75) is 29.7 Å². The van der Waals surface area contributed by atoms with Crippen LogP contribution < -0.4 is 5.32 Å². The minimum Gasteiger partial charge on any atom is -0.344 e. The average Bonchev–Trinajstić information content (AvgIpc) is 3.32. The Morgan fingerprint density at radius 3 is 2.53 bits per heavy atom. The normalized spacial score (nSPS) is 12.8. The predicted molar refractivity (Wildman–Crippen MR) is 114 cm³/mol. The first kappa shape index (κ1) is 21.7. The van der Waals surface area contributed by atoms with Crippen LogP contribution in [0.2, 0.25) is 0 Å². The number of nitrogens with zero attached hydrogens (tertiary/aromatic N) is 2. The summed E-state index contributed by atoms with van der Waals surface area (Å²) < 4.78 is 56.1. The number of rotatable bonds is 5. The third kappa shape index (κ3) is 3.56. The second kappa shape index (κ2) is 7.86. The molecule has 2 N–H and O–H groups in total. The molecule has 2 heterocycles. The third-order valence-corrected chi connectivity index (χ3v) is 7.38. The molecule has 2 aromatic carbocycles. The topological polar surface area (TPSA) is 96.8 Å². The summed E-state index contributed by atoms with van der Waals surface area (Å²) >= 11 is 0. The number of amides is 1. The van der Waals surface area contributed by atoms with E-state index in [1.807, 2.05) is 0 Å². The van der Waals surface area contributed by atoms with E-state index in [0.29, 0.717) is 16.6 Å². The van der Waals surface area contributed by atoms with Gasteiger partial charge in [0.2, 0.25) is 9.84 Å². The van der Waals surface area contributed by atoms with Crippen LogP contribution in [0.4, 0.5) is 8.78 Å². The zero-order valence-corrected chi connectivity index (χ0v) is 18.3. The van der Waals surface area contributed by atoms with Gasteiger partial charge in [0.1, 0.15) is 17.3 Å². The van der Waals surface area contributed by atoms with E-state index >= 15 is 0 Å². The first-order valence-corrected chi connectivity index (χ1v) is 11.2. The second-order valence-corrected chi connectivity index (χ2v) is 9.41. The maximum Gasteiger partial charge on any atom is 0.268 e. The number of sulfone groups is 1. The van der Waals surface area contributed by atoms with E-state index in [1.165, 1.54) is 42.0 Å². The van der Waals surface area contributed by atoms with E-state index in [9.17, 15) is 22.0 Å². The first-order valence-electron chi connectivity index (χ1n) is 9.70. The fourth-order valence-corrected chi connectivity index (χ4v) is 5.22. The molecule has 7 nitrogen and oxygen atoms in total. The first-order chi connectivity index (χ1) is 15.1. The van der Waals surface area contributed by atoms with Gasteiger partial charge in [-0.15, -0.1) is 0 Å². The van der Waals surface area contributed by atoms with Crippen LogP contribution >= 0.6 is 0 Å². The Balaban J connectivity index is 1.68. The number of carbonyl (C=O) groups excluding carboxylic acids is 1. The molecule has 4 rings (SSSR count). The van der Waals surface area contributed by atoms with Crippen molar-refractivity contribution in [2.75, 3.05) is 0 Å². The Kier molecular flexibility index (Phi) is 5.33. The van der Waals surface area contributed by atoms with Crippen LogP contribution in [-0.2, 0) is 16.9 Å². The molecular weight excluding hydrogens is 438 g/mol. The van der Waals surface area contributed by atoms with Gasteiger partial charge in [0, 0.05) is 23.7 Å². The number of aromatic amines is 1. The van der Waals surface area contributed by atoms with Crippen LogP contribution in [0.1, 0.15) is 34.7 Å². The highest BCUT2D eigenvalue weighted by atomic mass is 32.2. The zero-order chi connectivity index (χ0) is 23.2. The SMILES string of the molecule is Cc1c(S(=O)(=O)c2ccc3[nH]ncc3c2)cc(C(=O)N[C@@H](C)c2c(F)cccc2F)n1C. The smallest absolute Gasteiger partial charge is 0.268 e. The van der Waals surface area contributed by atoms with Gasteiger partial charge in [0.25, 0.3) is 5.91 Å². The Morgan fingerprint density at radius 2 is 1.84 bits per heavy atom. The molecular formula is C22H20F2N4O3S. The summed E-state index contributed by atoms with van der Waals surface area (Å²) in [6.07, 6.45) is 1.52. The Bertz CT molecular complexity index is 1440. The van der Waals surface area contributed by atoms with E-state index in [4.69, 9.17) is 0 Å². The van der Waals surface area contributed by atoms with E-state index in [2.05, 4.69) is 15.5 Å². The molecule has 32 heavy (non-hydrogen) atoms. The molecule has 0 aliphatic heterocycles. The molecule has 2 aromatic heterocycles. The summed E-state index contributed by atoms with van der Waals surface area (Å²) in [5.41, 5.74) is 0.831. The van der Waals surface area contributed by atoms with Crippen LogP contribution in [0.3, 0.4) is 0 Å². The number of hydrogen-bond donors (Lipinski definition) is 2. The lowest BCUT2D eigenvalue weighted by atomic mass is 10.1. The summed E-state index contributed by atoms with van der Waals surface area (Å²) in [5, 5.41) is 9.83. The lowest BCUT2D eigenvalue weighted by molar-refractivity contribution is 0.0930. The molecule has 0 bridgehead atoms. The van der Waals surface area contributed by atoms with E-state index in [1.54, 1.807) is 20.0 Å². The van der Waals surface area contributed by atoms with Crippen molar-refractivity contribution in [3.8, 4) is 0 Å². The third-order valence-electron chi connectivity index (χ3n) is 5.51. The molecule has 0 aliphatic carbocycles. The van der Waals surface area contributed by atoms with Crippen molar-refractivity contribution in [1.82, 2.24) is 20.1 Å². The van der Waals surface area contributed by atoms with E-state index in [-0.39, 0.29) is 21.0 Å². The highest BCUT2D eigenvalue weighted by molar-refractivity contribution is 7.91. The van der Waals surface area contributed by atoms with Crippen molar-refractivity contribution < 1.29 is 22.0 Å². The van der Waals surface area contributed by atoms with Crippen molar-refractivity contribution in [1.29, 1.82) is 0 Å². The fraction of sp³-hybridized carbons (Fsp3) is 0.182. The molecule has 0 saturated heterocycles. The lowest BCUT2D eigenvalue weighted by Crippen LogP contribution is -2.29. The molecule has 0 radical (unpaired) electrons. The summed E-state index contributed by atoms with van der Waals surface area (Å²) in [6, 6.07) is 8.33. The van der Waals surface area contributed by atoms with Gasteiger partial charge in [-0.2, -0.15) is 5.10 Å². The van der Waals surface area contributed by atoms with Gasteiger partial charge in [-0.1, -0.05) is 6.07 Å². The molecule has 166 valence electrons. The van der Waals surface area contributed by atoms with Crippen LogP contribution in [0.25, 0.3) is 10.9 Å². The molecule has 4 aromatic rings. The minimum atomic E-state index is -3.93. The highest BCUT2D eigenvalue weighted by Gasteiger charge is 2.27. The minimum absolute atomic E-state index is 0.0299. The fourth-order valence-electron chi connectivity index (χ4n) is 3.64. The van der Waals surface area contributed by atoms with Gasteiger partial charge < -0.3 is 9.88 Å². The maximum absolute atomic E-state index is 14.1. The summed E-state index contributed by atoms with van der Waals surface area (Å²) in [4.78, 5) is 12.9. The predicted octanol–water partition coefficient (Wildman–Crippen LogP) is 3.81.